The minimum Gasteiger partial charge on any atom is -0.349 e. The summed E-state index contributed by atoms with van der Waals surface area (Å²) in [5.74, 6) is -6.24. The van der Waals surface area contributed by atoms with Crippen molar-refractivity contribution in [3.63, 3.8) is 0 Å². The summed E-state index contributed by atoms with van der Waals surface area (Å²) in [6.45, 7) is -0.243. The van der Waals surface area contributed by atoms with E-state index >= 15 is 0 Å². The van der Waals surface area contributed by atoms with E-state index < -0.39 is 71.2 Å². The Morgan fingerprint density at radius 2 is 0.570 bits per heavy atom. The molecule has 0 aliphatic carbocycles. The molecular formula is C53H61N23O10. The van der Waals surface area contributed by atoms with Crippen molar-refractivity contribution < 1.29 is 47.9 Å². The molecule has 1 aliphatic rings. The first-order valence-corrected chi connectivity index (χ1v) is 26.2. The van der Waals surface area contributed by atoms with Gasteiger partial charge < -0.3 is 101 Å². The first-order valence-electron chi connectivity index (χ1n) is 26.2. The quantitative estimate of drug-likeness (QED) is 0.0988. The third-order valence-electron chi connectivity index (χ3n) is 13.4. The smallest absolute Gasteiger partial charge is 0.292 e. The minimum atomic E-state index is -0.859. The molecule has 9 rings (SSSR count). The predicted molar refractivity (Wildman–Crippen MR) is 312 cm³/mol. The van der Waals surface area contributed by atoms with Gasteiger partial charge in [0.1, 0.15) is 28.5 Å². The summed E-state index contributed by atoms with van der Waals surface area (Å²) in [6, 6.07) is 5.49. The number of nitrogens with one attached hydrogen (secondary N) is 10. The average Bonchev–Trinajstić information content (AvgIpc) is 4.54. The number of aromatic nitrogens is 11. The second kappa shape index (κ2) is 24.2. The maximum atomic E-state index is 13.5. The highest BCUT2D eigenvalue weighted by atomic mass is 16.2. The van der Waals surface area contributed by atoms with Crippen LogP contribution < -0.4 is 64.6 Å². The Kier molecular flexibility index (Phi) is 16.7. The van der Waals surface area contributed by atoms with E-state index in [4.69, 9.17) is 11.5 Å². The largest absolute Gasteiger partial charge is 0.349 e. The van der Waals surface area contributed by atoms with Crippen LogP contribution in [0.3, 0.4) is 0 Å². The molecule has 0 radical (unpaired) electrons. The van der Waals surface area contributed by atoms with Gasteiger partial charge in [0, 0.05) is 144 Å². The van der Waals surface area contributed by atoms with Crippen molar-refractivity contribution in [1.29, 1.82) is 0 Å². The van der Waals surface area contributed by atoms with Crippen molar-refractivity contribution >= 4 is 105 Å². The van der Waals surface area contributed by atoms with Crippen LogP contribution in [0.5, 0.6) is 0 Å². The van der Waals surface area contributed by atoms with E-state index in [9.17, 15) is 47.9 Å². The second-order valence-corrected chi connectivity index (χ2v) is 20.5. The number of rotatable bonds is 0. The second-order valence-electron chi connectivity index (χ2n) is 20.5. The van der Waals surface area contributed by atoms with Gasteiger partial charge in [0.05, 0.1) is 28.4 Å². The third-order valence-corrected chi connectivity index (χ3v) is 13.4. The zero-order valence-electron chi connectivity index (χ0n) is 47.6. The number of carbonyl (C=O) groups is 10. The number of carbonyl (C=O) groups excluding carboxylic acids is 10. The molecule has 33 heteroatoms. The van der Waals surface area contributed by atoms with Gasteiger partial charge in [0.25, 0.3) is 47.3 Å². The van der Waals surface area contributed by atoms with Gasteiger partial charge in [-0.3, -0.25) is 47.9 Å². The summed E-state index contributed by atoms with van der Waals surface area (Å²) in [5.41, 5.74) is 14.5. The molecule has 86 heavy (non-hydrogen) atoms. The van der Waals surface area contributed by atoms with E-state index in [-0.39, 0.29) is 118 Å². The number of aryl methyl sites for hydroxylation is 8. The van der Waals surface area contributed by atoms with Crippen molar-refractivity contribution in [1.82, 2.24) is 62.1 Å². The van der Waals surface area contributed by atoms with Crippen molar-refractivity contribution in [3.05, 3.63) is 126 Å². The van der Waals surface area contributed by atoms with Crippen molar-refractivity contribution in [3.8, 4) is 0 Å². The predicted octanol–water partition coefficient (Wildman–Crippen LogP) is 0.579. The molecule has 448 valence electrons. The molecule has 0 fully saturated rings. The maximum absolute atomic E-state index is 13.5. The maximum Gasteiger partial charge on any atom is 0.292 e. The Morgan fingerprint density at radius 1 is 0.326 bits per heavy atom. The molecule has 1 aliphatic heterocycles. The van der Waals surface area contributed by atoms with Crippen LogP contribution in [0.25, 0.3) is 0 Å². The van der Waals surface area contributed by atoms with Crippen LogP contribution in [0.4, 0.5) is 45.9 Å². The molecule has 0 spiro atoms. The summed E-state index contributed by atoms with van der Waals surface area (Å²) < 4.78 is 11.5. The summed E-state index contributed by atoms with van der Waals surface area (Å²) in [5, 5.41) is 26.8. The Labute approximate surface area is 487 Å². The minimum absolute atomic E-state index is 0.00431. The lowest BCUT2D eigenvalue weighted by Gasteiger charge is -2.12. The molecule has 9 heterocycles. The van der Waals surface area contributed by atoms with Crippen molar-refractivity contribution in [2.45, 2.75) is 24.9 Å². The third kappa shape index (κ3) is 13.4. The zero-order chi connectivity index (χ0) is 62.0. The summed E-state index contributed by atoms with van der Waals surface area (Å²) in [6.07, 6.45) is 11.3. The Balaban J connectivity index is 0.887. The van der Waals surface area contributed by atoms with E-state index in [1.807, 2.05) is 0 Å². The monoisotopic (exact) mass is 1180 g/mol. The van der Waals surface area contributed by atoms with Gasteiger partial charge in [-0.1, -0.05) is 0 Å². The highest BCUT2D eigenvalue weighted by Crippen LogP contribution is 2.23. The number of hydrogen-bond acceptors (Lipinski definition) is 15. The standard InChI is InChI=1S/C53H61N23O10/c1-69-18-28-11-33(69)46(79)57-17-27(55)10-42(78)64-39-24-75(7)45(66-39)53(86)68-40-25-76(8)44(67-40)52(85)62-32-15-36(72(4)22-32)49(82)59-29-12-34(70(2)19-29)47(80)56-16-26(54)9-41(77)63-38-23-74(6)43(65-38)51(84)61-31-14-37(73(5)21-31)50(83)60-30-13-35(48(81)58-28)71(3)20-30/h11-15,18-27H,9-10,16-17,54-55H2,1-8H3,(H,56,80)(H,57,79)(H,58,81)(H,59,82)(H,60,83)(H,61,84)(H,62,85)(H,63,77)(H,64,78)(H,68,86)/t26-,27-/m1/s1. The number of fused-ring (bicyclic) bond motifs is 16. The average molecular weight is 1180 g/mol. The molecule has 0 saturated carbocycles. The number of nitrogens with zero attached hydrogens (tertiary/aromatic N) is 11. The van der Waals surface area contributed by atoms with Gasteiger partial charge >= 0.3 is 0 Å². The van der Waals surface area contributed by atoms with Gasteiger partial charge in [-0.15, -0.1) is 0 Å². The van der Waals surface area contributed by atoms with Crippen LogP contribution >= 0.6 is 0 Å². The molecule has 16 bridgehead atoms. The van der Waals surface area contributed by atoms with E-state index in [1.54, 1.807) is 42.3 Å². The molecule has 10 amide bonds. The van der Waals surface area contributed by atoms with Gasteiger partial charge in [0.15, 0.2) is 17.5 Å². The zero-order valence-corrected chi connectivity index (χ0v) is 47.6. The highest BCUT2D eigenvalue weighted by molar-refractivity contribution is 6.10. The fourth-order valence-corrected chi connectivity index (χ4v) is 9.27. The van der Waals surface area contributed by atoms with Crippen LogP contribution in [0.1, 0.15) is 97.1 Å². The molecule has 0 unspecified atom stereocenters. The van der Waals surface area contributed by atoms with Crippen LogP contribution in [0.15, 0.2) is 79.9 Å². The lowest BCUT2D eigenvalue weighted by Crippen LogP contribution is -2.40. The number of nitrogens with two attached hydrogens (primary N) is 2. The molecule has 14 N–H and O–H groups in total. The first kappa shape index (κ1) is 59.3. The molecule has 0 saturated heterocycles. The summed E-state index contributed by atoms with van der Waals surface area (Å²) in [7, 11) is 12.6. The van der Waals surface area contributed by atoms with Gasteiger partial charge in [-0.25, -0.2) is 15.0 Å². The number of imidazole rings is 3. The topological polar surface area (TPSA) is 421 Å². The summed E-state index contributed by atoms with van der Waals surface area (Å²) >= 11 is 0. The van der Waals surface area contributed by atoms with E-state index in [1.165, 1.54) is 131 Å². The van der Waals surface area contributed by atoms with E-state index in [2.05, 4.69) is 68.1 Å². The molecular weight excluding hydrogens is 1120 g/mol. The van der Waals surface area contributed by atoms with Crippen LogP contribution in [-0.2, 0) is 66.0 Å². The number of anilines is 8. The molecule has 33 nitrogen and oxygen atoms in total. The van der Waals surface area contributed by atoms with Crippen LogP contribution in [-0.4, -0.2) is 136 Å². The number of hydrogen-bond donors (Lipinski definition) is 12. The Hall–Kier alpha value is -11.4. The van der Waals surface area contributed by atoms with Crippen molar-refractivity contribution in [2.75, 3.05) is 55.6 Å². The normalized spacial score (nSPS) is 16.8. The molecule has 2 atom stereocenters. The van der Waals surface area contributed by atoms with Crippen molar-refractivity contribution in [2.24, 2.45) is 67.8 Å². The van der Waals surface area contributed by atoms with E-state index in [0.717, 1.165) is 0 Å². The van der Waals surface area contributed by atoms with Crippen LogP contribution in [0.2, 0.25) is 0 Å². The molecule has 8 aromatic rings. The Bertz CT molecular complexity index is 3800. The Morgan fingerprint density at radius 3 is 0.860 bits per heavy atom. The SMILES string of the molecule is Cn1cc2cc1C(=O)NC[C@H](N)CC(=O)Nc1cn(C)c(n1)C(=O)Nc1cc(n(C)c1)C(=O)Nc1cc(n(C)c1)C(=O)Nc1cc(n(C)c1)C(=O)NC[C@H](N)CC(=O)Nc1cn(C)c(n1)C(=O)Nc1cn(C)c(n1)C(=O)Nc1cc(n(C)c1)C(=O)N2. The fraction of sp³-hybridized carbons (Fsp3) is 0.264. The van der Waals surface area contributed by atoms with Gasteiger partial charge in [-0.2, -0.15) is 0 Å². The van der Waals surface area contributed by atoms with Crippen LogP contribution in [0, 0.1) is 0 Å². The highest BCUT2D eigenvalue weighted by Gasteiger charge is 2.26. The molecule has 0 aromatic carbocycles. The lowest BCUT2D eigenvalue weighted by molar-refractivity contribution is -0.117. The lowest BCUT2D eigenvalue weighted by atomic mass is 10.2. The molecule has 8 aromatic heterocycles. The van der Waals surface area contributed by atoms with E-state index in [0.29, 0.717) is 0 Å². The van der Waals surface area contributed by atoms with Gasteiger partial charge in [0.2, 0.25) is 29.3 Å². The van der Waals surface area contributed by atoms with Gasteiger partial charge in [-0.05, 0) is 30.3 Å². The fourth-order valence-electron chi connectivity index (χ4n) is 9.27. The summed E-state index contributed by atoms with van der Waals surface area (Å²) in [4.78, 5) is 146. The number of amides is 10. The first-order chi connectivity index (χ1) is 40.7.